The number of carbonyl (C=O) groups excluding carboxylic acids is 1. The predicted molar refractivity (Wildman–Crippen MR) is 65.5 cm³/mol. The lowest BCUT2D eigenvalue weighted by Gasteiger charge is -2.59. The summed E-state index contributed by atoms with van der Waals surface area (Å²) in [6.45, 7) is 2.67. The van der Waals surface area contributed by atoms with Crippen molar-refractivity contribution in [1.29, 1.82) is 0 Å². The van der Waals surface area contributed by atoms with E-state index in [1.54, 1.807) is 0 Å². The summed E-state index contributed by atoms with van der Waals surface area (Å²) >= 11 is 0. The summed E-state index contributed by atoms with van der Waals surface area (Å²) in [7, 11) is 0. The van der Waals surface area contributed by atoms with E-state index < -0.39 is 0 Å². The molecule has 3 rings (SSSR count). The van der Waals surface area contributed by atoms with Gasteiger partial charge in [-0.3, -0.25) is 4.79 Å². The highest BCUT2D eigenvalue weighted by Gasteiger charge is 2.60. The molecule has 17 heavy (non-hydrogen) atoms. The molecule has 0 amide bonds. The van der Waals surface area contributed by atoms with Gasteiger partial charge in [-0.05, 0) is 50.9 Å². The number of ether oxygens (including phenoxy) is 1. The minimum absolute atomic E-state index is 0.0393. The zero-order valence-electron chi connectivity index (χ0n) is 10.8. The van der Waals surface area contributed by atoms with Crippen molar-refractivity contribution in [3.8, 4) is 0 Å². The fourth-order valence-corrected chi connectivity index (χ4v) is 3.98. The number of esters is 1. The van der Waals surface area contributed by atoms with Crippen LogP contribution in [0, 0.1) is 10.8 Å². The Labute approximate surface area is 104 Å². The number of rotatable bonds is 6. The normalized spacial score (nSPS) is 35.2. The summed E-state index contributed by atoms with van der Waals surface area (Å²) in [5.41, 5.74) is 0.271. The molecular formula is C14H24O3. The SMILES string of the molecule is CCOC(=O)C12CCCC(CCCCO)(C1)C2. The molecule has 98 valence electrons. The zero-order valence-corrected chi connectivity index (χ0v) is 10.8. The van der Waals surface area contributed by atoms with Gasteiger partial charge in [0.25, 0.3) is 0 Å². The van der Waals surface area contributed by atoms with Crippen LogP contribution in [0.3, 0.4) is 0 Å². The van der Waals surface area contributed by atoms with Crippen LogP contribution in [0.2, 0.25) is 0 Å². The number of hydrogen-bond acceptors (Lipinski definition) is 3. The second-order valence-corrected chi connectivity index (χ2v) is 5.89. The second kappa shape index (κ2) is 4.97. The third-order valence-electron chi connectivity index (χ3n) is 4.61. The topological polar surface area (TPSA) is 46.5 Å². The van der Waals surface area contributed by atoms with Crippen LogP contribution in [0.4, 0.5) is 0 Å². The van der Waals surface area contributed by atoms with Crippen molar-refractivity contribution in [2.24, 2.45) is 10.8 Å². The molecule has 2 bridgehead atoms. The number of carbonyl (C=O) groups is 1. The van der Waals surface area contributed by atoms with Gasteiger partial charge in [-0.15, -0.1) is 0 Å². The largest absolute Gasteiger partial charge is 0.466 e. The third-order valence-corrected chi connectivity index (χ3v) is 4.61. The molecule has 0 atom stereocenters. The Morgan fingerprint density at radius 1 is 1.29 bits per heavy atom. The maximum atomic E-state index is 12.0. The third kappa shape index (κ3) is 2.35. The molecule has 3 aliphatic rings. The number of hydrogen-bond donors (Lipinski definition) is 1. The van der Waals surface area contributed by atoms with E-state index in [2.05, 4.69) is 0 Å². The molecule has 0 heterocycles. The highest BCUT2D eigenvalue weighted by molar-refractivity contribution is 5.78. The highest BCUT2D eigenvalue weighted by Crippen LogP contribution is 2.66. The van der Waals surface area contributed by atoms with Crippen molar-refractivity contribution in [2.75, 3.05) is 13.2 Å². The molecule has 3 saturated carbocycles. The van der Waals surface area contributed by atoms with E-state index in [1.165, 1.54) is 12.8 Å². The molecule has 0 aliphatic heterocycles. The Kier molecular flexibility index (Phi) is 3.76. The van der Waals surface area contributed by atoms with Crippen LogP contribution < -0.4 is 0 Å². The molecule has 3 heteroatoms. The van der Waals surface area contributed by atoms with E-state index in [4.69, 9.17) is 9.84 Å². The molecule has 0 unspecified atom stereocenters. The van der Waals surface area contributed by atoms with E-state index in [0.29, 0.717) is 18.6 Å². The summed E-state index contributed by atoms with van der Waals surface area (Å²) in [5.74, 6) is 0.0393. The van der Waals surface area contributed by atoms with Gasteiger partial charge >= 0.3 is 5.97 Å². The number of fused-ring (bicyclic) bond motifs is 2. The standard InChI is InChI=1S/C14H24O3/c1-2-17-12(16)14-8-5-7-13(10-14,11-14)6-3-4-9-15/h15H,2-11H2,1H3. The molecular weight excluding hydrogens is 216 g/mol. The Bertz CT molecular complexity index is 279. The Morgan fingerprint density at radius 3 is 2.71 bits per heavy atom. The fourth-order valence-electron chi connectivity index (χ4n) is 3.98. The van der Waals surface area contributed by atoms with Gasteiger partial charge in [-0.1, -0.05) is 12.8 Å². The van der Waals surface area contributed by atoms with Crippen molar-refractivity contribution in [1.82, 2.24) is 0 Å². The van der Waals surface area contributed by atoms with Crippen molar-refractivity contribution < 1.29 is 14.6 Å². The lowest BCUT2D eigenvalue weighted by Crippen LogP contribution is -2.55. The minimum atomic E-state index is -0.131. The average Bonchev–Trinajstić information content (AvgIpc) is 2.29. The molecule has 3 fully saturated rings. The molecule has 0 aromatic rings. The monoisotopic (exact) mass is 240 g/mol. The summed E-state index contributed by atoms with van der Waals surface area (Å²) in [5, 5.41) is 8.83. The van der Waals surface area contributed by atoms with Crippen LogP contribution >= 0.6 is 0 Å². The van der Waals surface area contributed by atoms with E-state index in [-0.39, 0.29) is 11.4 Å². The van der Waals surface area contributed by atoms with Gasteiger partial charge in [-0.2, -0.15) is 0 Å². The molecule has 0 aromatic heterocycles. The minimum Gasteiger partial charge on any atom is -0.466 e. The van der Waals surface area contributed by atoms with Crippen LogP contribution in [0.1, 0.15) is 58.3 Å². The van der Waals surface area contributed by atoms with Crippen molar-refractivity contribution in [3.63, 3.8) is 0 Å². The Hall–Kier alpha value is -0.570. The van der Waals surface area contributed by atoms with Gasteiger partial charge in [0.2, 0.25) is 0 Å². The first-order valence-corrected chi connectivity index (χ1v) is 6.95. The molecule has 1 N–H and O–H groups in total. The summed E-state index contributed by atoms with van der Waals surface area (Å²) in [4.78, 5) is 12.0. The lowest BCUT2D eigenvalue weighted by molar-refractivity contribution is -0.183. The summed E-state index contributed by atoms with van der Waals surface area (Å²) in [6.07, 6.45) is 8.68. The van der Waals surface area contributed by atoms with Gasteiger partial charge in [0.15, 0.2) is 0 Å². The first-order valence-electron chi connectivity index (χ1n) is 6.95. The van der Waals surface area contributed by atoms with E-state index in [9.17, 15) is 4.79 Å². The van der Waals surface area contributed by atoms with E-state index in [1.807, 2.05) is 6.92 Å². The maximum Gasteiger partial charge on any atom is 0.312 e. The van der Waals surface area contributed by atoms with Gasteiger partial charge < -0.3 is 9.84 Å². The van der Waals surface area contributed by atoms with Crippen LogP contribution in [-0.2, 0) is 9.53 Å². The number of aliphatic hydroxyl groups is 1. The lowest BCUT2D eigenvalue weighted by atomic mass is 9.44. The van der Waals surface area contributed by atoms with E-state index in [0.717, 1.165) is 38.5 Å². The van der Waals surface area contributed by atoms with Gasteiger partial charge in [-0.25, -0.2) is 0 Å². The van der Waals surface area contributed by atoms with Crippen LogP contribution in [0.5, 0.6) is 0 Å². The average molecular weight is 240 g/mol. The summed E-state index contributed by atoms with van der Waals surface area (Å²) in [6, 6.07) is 0. The van der Waals surface area contributed by atoms with Gasteiger partial charge in [0.05, 0.1) is 12.0 Å². The number of unbranched alkanes of at least 4 members (excludes halogenated alkanes) is 1. The highest BCUT2D eigenvalue weighted by atomic mass is 16.5. The Balaban J connectivity index is 1.88. The van der Waals surface area contributed by atoms with Gasteiger partial charge in [0, 0.05) is 6.61 Å². The van der Waals surface area contributed by atoms with Crippen molar-refractivity contribution >= 4 is 5.97 Å². The molecule has 3 nitrogen and oxygen atoms in total. The van der Waals surface area contributed by atoms with Crippen LogP contribution in [-0.4, -0.2) is 24.3 Å². The molecule has 0 aromatic carbocycles. The van der Waals surface area contributed by atoms with Crippen molar-refractivity contribution in [2.45, 2.75) is 58.3 Å². The maximum absolute atomic E-state index is 12.0. The number of aliphatic hydroxyl groups excluding tert-OH is 1. The van der Waals surface area contributed by atoms with E-state index >= 15 is 0 Å². The van der Waals surface area contributed by atoms with Crippen LogP contribution in [0.25, 0.3) is 0 Å². The molecule has 0 spiro atoms. The first-order chi connectivity index (χ1) is 8.16. The predicted octanol–water partition coefficient (Wildman–Crippen LogP) is 2.66. The second-order valence-electron chi connectivity index (χ2n) is 5.89. The van der Waals surface area contributed by atoms with Crippen LogP contribution in [0.15, 0.2) is 0 Å². The smallest absolute Gasteiger partial charge is 0.312 e. The van der Waals surface area contributed by atoms with Gasteiger partial charge in [0.1, 0.15) is 0 Å². The molecule has 0 radical (unpaired) electrons. The Morgan fingerprint density at radius 2 is 2.06 bits per heavy atom. The first kappa shape index (κ1) is 12.9. The fraction of sp³-hybridized carbons (Fsp3) is 0.929. The zero-order chi connectivity index (χ0) is 12.4. The molecule has 0 saturated heterocycles. The molecule has 3 aliphatic carbocycles. The van der Waals surface area contributed by atoms with Crippen molar-refractivity contribution in [3.05, 3.63) is 0 Å². The summed E-state index contributed by atoms with van der Waals surface area (Å²) < 4.78 is 5.21. The quantitative estimate of drug-likeness (QED) is 0.573.